The number of amides is 1. The molecule has 1 aliphatic heterocycles. The summed E-state index contributed by atoms with van der Waals surface area (Å²) in [6.07, 6.45) is 5.32. The number of hydrogen-bond donors (Lipinski definition) is 1. The first-order valence-electron chi connectivity index (χ1n) is 6.87. The van der Waals surface area contributed by atoms with E-state index >= 15 is 0 Å². The summed E-state index contributed by atoms with van der Waals surface area (Å²) in [5.74, 6) is 0.935. The highest BCUT2D eigenvalue weighted by molar-refractivity contribution is 6.04. The number of carbonyl (C=O) groups excluding carboxylic acids is 1. The van der Waals surface area contributed by atoms with E-state index in [1.54, 1.807) is 4.90 Å². The van der Waals surface area contributed by atoms with E-state index in [2.05, 4.69) is 11.4 Å². The number of nitrogens with zero attached hydrogens (tertiary/aromatic N) is 1. The average Bonchev–Trinajstić information content (AvgIpc) is 2.98. The van der Waals surface area contributed by atoms with Crippen LogP contribution in [0, 0.1) is 5.92 Å². The molecule has 2 aliphatic rings. The van der Waals surface area contributed by atoms with Crippen molar-refractivity contribution in [1.29, 1.82) is 0 Å². The van der Waals surface area contributed by atoms with E-state index in [4.69, 9.17) is 0 Å². The van der Waals surface area contributed by atoms with Crippen LogP contribution in [0.1, 0.15) is 37.3 Å². The van der Waals surface area contributed by atoms with Crippen molar-refractivity contribution < 1.29 is 4.79 Å². The van der Waals surface area contributed by atoms with Crippen LogP contribution < -0.4 is 10.2 Å². The lowest BCUT2D eigenvalue weighted by molar-refractivity contribution is -0.119. The molecule has 1 N–H and O–H groups in total. The van der Waals surface area contributed by atoms with Gasteiger partial charge in [0.05, 0.1) is 0 Å². The van der Waals surface area contributed by atoms with Crippen molar-refractivity contribution >= 4 is 11.6 Å². The van der Waals surface area contributed by atoms with Crippen molar-refractivity contribution in [1.82, 2.24) is 5.32 Å². The summed E-state index contributed by atoms with van der Waals surface area (Å²) >= 11 is 0. The molecule has 1 aliphatic carbocycles. The zero-order chi connectivity index (χ0) is 12.5. The molecule has 3 nitrogen and oxygen atoms in total. The summed E-state index contributed by atoms with van der Waals surface area (Å²) in [5.41, 5.74) is 2.18. The highest BCUT2D eigenvalue weighted by Gasteiger charge is 2.34. The monoisotopic (exact) mass is 244 g/mol. The number of fused-ring (bicyclic) bond motifs is 1. The van der Waals surface area contributed by atoms with Crippen LogP contribution in [-0.2, 0) is 4.79 Å². The fraction of sp³-hybridized carbons (Fsp3) is 0.533. The van der Waals surface area contributed by atoms with Gasteiger partial charge < -0.3 is 10.2 Å². The van der Waals surface area contributed by atoms with E-state index in [9.17, 15) is 4.79 Å². The van der Waals surface area contributed by atoms with Crippen LogP contribution in [0.15, 0.2) is 24.3 Å². The Morgan fingerprint density at radius 3 is 2.78 bits per heavy atom. The molecule has 1 atom stereocenters. The molecule has 0 saturated heterocycles. The molecule has 18 heavy (non-hydrogen) atoms. The van der Waals surface area contributed by atoms with Gasteiger partial charge in [-0.15, -0.1) is 0 Å². The number of likely N-dealkylation sites (N-methyl/N-ethyl adjacent to an activating group) is 1. The summed E-state index contributed by atoms with van der Waals surface area (Å²) in [4.78, 5) is 14.0. The SMILES string of the molecule is CN1C(=O)C(NCC2CCCC2)c2ccccc21. The van der Waals surface area contributed by atoms with Crippen molar-refractivity contribution in [3.05, 3.63) is 29.8 Å². The van der Waals surface area contributed by atoms with Gasteiger partial charge in [-0.25, -0.2) is 0 Å². The van der Waals surface area contributed by atoms with E-state index < -0.39 is 0 Å². The Morgan fingerprint density at radius 2 is 2.00 bits per heavy atom. The molecule has 1 unspecified atom stereocenters. The molecule has 3 rings (SSSR count). The van der Waals surface area contributed by atoms with E-state index in [1.165, 1.54) is 25.7 Å². The van der Waals surface area contributed by atoms with Crippen molar-refractivity contribution in [3.8, 4) is 0 Å². The third-order valence-corrected chi connectivity index (χ3v) is 4.27. The molecule has 1 saturated carbocycles. The summed E-state index contributed by atoms with van der Waals surface area (Å²) < 4.78 is 0. The highest BCUT2D eigenvalue weighted by atomic mass is 16.2. The van der Waals surface area contributed by atoms with E-state index in [-0.39, 0.29) is 11.9 Å². The van der Waals surface area contributed by atoms with Crippen molar-refractivity contribution in [3.63, 3.8) is 0 Å². The second-order valence-electron chi connectivity index (χ2n) is 5.45. The lowest BCUT2D eigenvalue weighted by Gasteiger charge is -2.16. The normalized spacial score (nSPS) is 23.7. The van der Waals surface area contributed by atoms with Crippen LogP contribution in [0.5, 0.6) is 0 Å². The predicted octanol–water partition coefficient (Wildman–Crippen LogP) is 2.48. The Balaban J connectivity index is 1.73. The fourth-order valence-electron chi connectivity index (χ4n) is 3.18. The molecule has 0 aromatic heterocycles. The van der Waals surface area contributed by atoms with Gasteiger partial charge in [-0.3, -0.25) is 4.79 Å². The van der Waals surface area contributed by atoms with Crippen molar-refractivity contribution in [2.24, 2.45) is 5.92 Å². The summed E-state index contributed by atoms with van der Waals surface area (Å²) in [7, 11) is 1.86. The topological polar surface area (TPSA) is 32.3 Å². The van der Waals surface area contributed by atoms with E-state index in [1.807, 2.05) is 25.2 Å². The molecule has 1 heterocycles. The molecule has 1 fully saturated rings. The molecule has 1 aromatic carbocycles. The summed E-state index contributed by atoms with van der Waals surface area (Å²) in [5, 5.41) is 3.47. The summed E-state index contributed by atoms with van der Waals surface area (Å²) in [6.45, 7) is 0.971. The van der Waals surface area contributed by atoms with Crippen molar-refractivity contribution in [2.45, 2.75) is 31.7 Å². The van der Waals surface area contributed by atoms with Gasteiger partial charge in [0.15, 0.2) is 0 Å². The van der Waals surface area contributed by atoms with Gasteiger partial charge in [0.1, 0.15) is 6.04 Å². The molecule has 96 valence electrons. The molecule has 1 amide bonds. The Bertz CT molecular complexity index is 452. The number of hydrogen-bond acceptors (Lipinski definition) is 2. The summed E-state index contributed by atoms with van der Waals surface area (Å²) in [6, 6.07) is 7.94. The van der Waals surface area contributed by atoms with Gasteiger partial charge in [-0.2, -0.15) is 0 Å². The molecule has 0 radical (unpaired) electrons. The van der Waals surface area contributed by atoms with E-state index in [0.29, 0.717) is 0 Å². The first-order valence-corrected chi connectivity index (χ1v) is 6.87. The first-order chi connectivity index (χ1) is 8.77. The Labute approximate surface area is 108 Å². The molecular formula is C15H20N2O. The second kappa shape index (κ2) is 4.73. The number of anilines is 1. The predicted molar refractivity (Wildman–Crippen MR) is 72.6 cm³/mol. The number of carbonyl (C=O) groups is 1. The minimum Gasteiger partial charge on any atom is -0.313 e. The average molecular weight is 244 g/mol. The molecule has 1 aromatic rings. The maximum Gasteiger partial charge on any atom is 0.248 e. The van der Waals surface area contributed by atoms with Crippen LogP contribution in [0.2, 0.25) is 0 Å². The fourth-order valence-corrected chi connectivity index (χ4v) is 3.18. The lowest BCUT2D eigenvalue weighted by Crippen LogP contribution is -2.34. The largest absolute Gasteiger partial charge is 0.313 e. The third-order valence-electron chi connectivity index (χ3n) is 4.27. The standard InChI is InChI=1S/C15H20N2O/c1-17-13-9-5-4-8-12(13)14(15(17)18)16-10-11-6-2-3-7-11/h4-5,8-9,11,14,16H,2-3,6-7,10H2,1H3. The van der Waals surface area contributed by atoms with Gasteiger partial charge >= 0.3 is 0 Å². The van der Waals surface area contributed by atoms with Crippen LogP contribution in [-0.4, -0.2) is 19.5 Å². The number of para-hydroxylation sites is 1. The second-order valence-corrected chi connectivity index (χ2v) is 5.45. The lowest BCUT2D eigenvalue weighted by atomic mass is 10.1. The zero-order valence-electron chi connectivity index (χ0n) is 10.9. The van der Waals surface area contributed by atoms with Crippen molar-refractivity contribution in [2.75, 3.05) is 18.5 Å². The highest BCUT2D eigenvalue weighted by Crippen LogP contribution is 2.35. The minimum atomic E-state index is -0.133. The first kappa shape index (κ1) is 11.7. The molecule has 0 spiro atoms. The quantitative estimate of drug-likeness (QED) is 0.886. The third kappa shape index (κ3) is 1.93. The van der Waals surface area contributed by atoms with Crippen LogP contribution in [0.25, 0.3) is 0 Å². The Hall–Kier alpha value is -1.35. The van der Waals surface area contributed by atoms with Crippen LogP contribution >= 0.6 is 0 Å². The Kier molecular flexibility index (Phi) is 3.08. The molecule has 0 bridgehead atoms. The van der Waals surface area contributed by atoms with Crippen LogP contribution in [0.3, 0.4) is 0 Å². The smallest absolute Gasteiger partial charge is 0.248 e. The molecular weight excluding hydrogens is 224 g/mol. The van der Waals surface area contributed by atoms with Gasteiger partial charge in [0.2, 0.25) is 5.91 Å². The zero-order valence-corrected chi connectivity index (χ0v) is 10.9. The minimum absolute atomic E-state index is 0.133. The van der Waals surface area contributed by atoms with Gasteiger partial charge in [-0.05, 0) is 31.4 Å². The van der Waals surface area contributed by atoms with Gasteiger partial charge in [-0.1, -0.05) is 31.0 Å². The Morgan fingerprint density at radius 1 is 1.28 bits per heavy atom. The maximum atomic E-state index is 12.2. The number of nitrogens with one attached hydrogen (secondary N) is 1. The van der Waals surface area contributed by atoms with Gasteiger partial charge in [0.25, 0.3) is 0 Å². The maximum absolute atomic E-state index is 12.2. The molecule has 3 heteroatoms. The van der Waals surface area contributed by atoms with Crippen LogP contribution in [0.4, 0.5) is 5.69 Å². The number of rotatable bonds is 3. The van der Waals surface area contributed by atoms with E-state index in [0.717, 1.165) is 23.7 Å². The van der Waals surface area contributed by atoms with Gasteiger partial charge in [0, 0.05) is 18.3 Å². The number of benzene rings is 1.